The Hall–Kier alpha value is -0.395. The van der Waals surface area contributed by atoms with Crippen molar-refractivity contribution in [1.29, 1.82) is 0 Å². The maximum Gasteiger partial charge on any atom is 0.488 e. The van der Waals surface area contributed by atoms with Gasteiger partial charge in [0.1, 0.15) is 0 Å². The molecule has 2 aromatic carbocycles. The highest BCUT2D eigenvalue weighted by Crippen LogP contribution is 2.17. The van der Waals surface area contributed by atoms with Gasteiger partial charge in [0.2, 0.25) is 0 Å². The summed E-state index contributed by atoms with van der Waals surface area (Å²) in [4.78, 5) is 2.42. The summed E-state index contributed by atoms with van der Waals surface area (Å²) in [5.74, 6) is 0. The van der Waals surface area contributed by atoms with Crippen molar-refractivity contribution in [2.75, 3.05) is 12.5 Å². The Morgan fingerprint density at radius 2 is 1.14 bits per heavy atom. The third-order valence-electron chi connectivity index (χ3n) is 2.46. The second kappa shape index (κ2) is 13.1. The van der Waals surface area contributed by atoms with E-state index in [0.717, 1.165) is 9.37 Å². The molecular weight excluding hydrogens is 379 g/mol. The number of hydrogen-bond donors (Lipinski definition) is 2. The number of benzene rings is 2. The first kappa shape index (κ1) is 23.9. The van der Waals surface area contributed by atoms with E-state index in [9.17, 15) is 0 Å². The molecule has 0 amide bonds. The zero-order valence-electron chi connectivity index (χ0n) is 11.3. The van der Waals surface area contributed by atoms with Crippen LogP contribution >= 0.6 is 39.5 Å². The zero-order chi connectivity index (χ0) is 15.0. The van der Waals surface area contributed by atoms with E-state index in [1.165, 1.54) is 4.90 Å². The average molecular weight is 403 g/mol. The topological polar surface area (TPSA) is 40.5 Å². The first-order valence-electron chi connectivity index (χ1n) is 5.86. The fourth-order valence-electron chi connectivity index (χ4n) is 1.35. The quantitative estimate of drug-likeness (QED) is 0.584. The minimum atomic E-state index is -1.36. The van der Waals surface area contributed by atoms with Crippen LogP contribution in [0.2, 0.25) is 0 Å². The predicted molar refractivity (Wildman–Crippen MR) is 107 cm³/mol. The van der Waals surface area contributed by atoms with Crippen LogP contribution in [0.1, 0.15) is 14.9 Å². The third-order valence-corrected chi connectivity index (χ3v) is 4.48. The van der Waals surface area contributed by atoms with Crippen molar-refractivity contribution in [1.82, 2.24) is 0 Å². The lowest BCUT2D eigenvalue weighted by Gasteiger charge is -1.99. The fourth-order valence-corrected chi connectivity index (χ4v) is 2.43. The molecule has 0 aliphatic carbocycles. The van der Waals surface area contributed by atoms with Crippen molar-refractivity contribution in [2.24, 2.45) is 0 Å². The van der Waals surface area contributed by atoms with E-state index in [1.807, 2.05) is 30.5 Å². The van der Waals surface area contributed by atoms with Crippen LogP contribution < -0.4 is 5.46 Å². The van der Waals surface area contributed by atoms with Gasteiger partial charge in [0, 0.05) is 14.3 Å². The van der Waals surface area contributed by atoms with E-state index >= 15 is 0 Å². The fraction of sp³-hybridized carbons (Fsp3) is 0.250. The summed E-state index contributed by atoms with van der Waals surface area (Å²) < 4.78 is 1.14. The minimum Gasteiger partial charge on any atom is -0.423 e. The predicted octanol–water partition coefficient (Wildman–Crippen LogP) is 4.53. The molecule has 6 heteroatoms. The molecule has 0 saturated carbocycles. The van der Waals surface area contributed by atoms with Gasteiger partial charge in [-0.15, -0.1) is 23.5 Å². The summed E-state index contributed by atoms with van der Waals surface area (Å²) in [5.41, 5.74) is 0.530. The molecule has 2 rings (SSSR count). The Bertz CT molecular complexity index is 505. The van der Waals surface area contributed by atoms with Gasteiger partial charge in [-0.25, -0.2) is 0 Å². The van der Waals surface area contributed by atoms with Crippen molar-refractivity contribution in [3.63, 3.8) is 0 Å². The van der Waals surface area contributed by atoms with Crippen molar-refractivity contribution in [2.45, 2.75) is 24.6 Å². The number of hydrogen-bond acceptors (Lipinski definition) is 4. The van der Waals surface area contributed by atoms with E-state index in [-0.39, 0.29) is 14.9 Å². The highest BCUT2D eigenvalue weighted by molar-refractivity contribution is 9.10. The summed E-state index contributed by atoms with van der Waals surface area (Å²) in [6.45, 7) is 0. The van der Waals surface area contributed by atoms with Crippen LogP contribution in [0.25, 0.3) is 0 Å². The van der Waals surface area contributed by atoms with Crippen LogP contribution in [0.15, 0.2) is 62.8 Å². The SMILES string of the molecule is C.C.CSc1ccc(B(O)O)cc1.CSc1ccc(Br)cc1. The Balaban J connectivity index is 0. The van der Waals surface area contributed by atoms with Crippen LogP contribution in [0, 0.1) is 0 Å². The van der Waals surface area contributed by atoms with Crippen LogP contribution in [0.4, 0.5) is 0 Å². The van der Waals surface area contributed by atoms with Gasteiger partial charge in [0.05, 0.1) is 0 Å². The second-order valence-electron chi connectivity index (χ2n) is 3.80. The molecular formula is C16H24BBrO2S2. The Morgan fingerprint density at radius 3 is 1.45 bits per heavy atom. The molecule has 0 heterocycles. The molecule has 0 aromatic heterocycles. The van der Waals surface area contributed by atoms with E-state index < -0.39 is 7.12 Å². The number of thioether (sulfide) groups is 2. The molecule has 22 heavy (non-hydrogen) atoms. The molecule has 0 bridgehead atoms. The van der Waals surface area contributed by atoms with Gasteiger partial charge in [0.15, 0.2) is 0 Å². The highest BCUT2D eigenvalue weighted by Gasteiger charge is 2.08. The maximum absolute atomic E-state index is 8.74. The lowest BCUT2D eigenvalue weighted by atomic mass is 9.81. The largest absolute Gasteiger partial charge is 0.488 e. The first-order valence-corrected chi connectivity index (χ1v) is 9.10. The third kappa shape index (κ3) is 8.91. The average Bonchev–Trinajstić information content (AvgIpc) is 2.49. The molecule has 0 saturated heterocycles. The maximum atomic E-state index is 8.74. The Kier molecular flexibility index (Phi) is 14.2. The summed E-state index contributed by atoms with van der Waals surface area (Å²) in [7, 11) is -1.36. The van der Waals surface area contributed by atoms with Crippen LogP contribution in [0.5, 0.6) is 0 Å². The molecule has 122 valence electrons. The van der Waals surface area contributed by atoms with E-state index in [1.54, 1.807) is 35.7 Å². The number of rotatable bonds is 3. The number of halogens is 1. The van der Waals surface area contributed by atoms with Gasteiger partial charge in [-0.1, -0.05) is 42.9 Å². The van der Waals surface area contributed by atoms with Gasteiger partial charge < -0.3 is 10.0 Å². The molecule has 0 fully saturated rings. The summed E-state index contributed by atoms with van der Waals surface area (Å²) >= 11 is 6.75. The molecule has 2 N–H and O–H groups in total. The lowest BCUT2D eigenvalue weighted by Crippen LogP contribution is -2.29. The van der Waals surface area contributed by atoms with Crippen molar-refractivity contribution in [3.8, 4) is 0 Å². The smallest absolute Gasteiger partial charge is 0.423 e. The minimum absolute atomic E-state index is 0. The van der Waals surface area contributed by atoms with Gasteiger partial charge in [-0.3, -0.25) is 0 Å². The second-order valence-corrected chi connectivity index (χ2v) is 6.48. The van der Waals surface area contributed by atoms with Crippen molar-refractivity contribution in [3.05, 3.63) is 53.0 Å². The van der Waals surface area contributed by atoms with E-state index in [4.69, 9.17) is 10.0 Å². The Morgan fingerprint density at radius 1 is 0.773 bits per heavy atom. The highest BCUT2D eigenvalue weighted by atomic mass is 79.9. The van der Waals surface area contributed by atoms with Crippen molar-refractivity contribution >= 4 is 52.0 Å². The first-order chi connectivity index (χ1) is 9.56. The molecule has 2 aromatic rings. The summed E-state index contributed by atoms with van der Waals surface area (Å²) in [5, 5.41) is 17.5. The van der Waals surface area contributed by atoms with Gasteiger partial charge >= 0.3 is 7.12 Å². The summed E-state index contributed by atoms with van der Waals surface area (Å²) in [6.07, 6.45) is 4.05. The van der Waals surface area contributed by atoms with Crippen LogP contribution in [-0.4, -0.2) is 29.7 Å². The molecule has 0 spiro atoms. The molecule has 0 aliphatic rings. The van der Waals surface area contributed by atoms with Gasteiger partial charge in [-0.2, -0.15) is 0 Å². The monoisotopic (exact) mass is 402 g/mol. The van der Waals surface area contributed by atoms with Crippen molar-refractivity contribution < 1.29 is 10.0 Å². The molecule has 0 atom stereocenters. The molecule has 0 radical (unpaired) electrons. The van der Waals surface area contributed by atoms with E-state index in [0.29, 0.717) is 5.46 Å². The normalized spacial score (nSPS) is 8.77. The van der Waals surface area contributed by atoms with Gasteiger partial charge in [-0.05, 0) is 54.4 Å². The standard InChI is InChI=1S/C7H9BO2S.C7H7BrS.2CH4/c1-11-7-4-2-6(3-5-7)8(9)10;1-9-7-4-2-6(8)3-5-7;;/h2-5,9-10H,1H3;2-5H,1H3;2*1H4. The van der Waals surface area contributed by atoms with Gasteiger partial charge in [0.25, 0.3) is 0 Å². The molecule has 2 nitrogen and oxygen atoms in total. The zero-order valence-corrected chi connectivity index (χ0v) is 14.5. The Labute approximate surface area is 152 Å². The van der Waals surface area contributed by atoms with Crippen LogP contribution in [-0.2, 0) is 0 Å². The van der Waals surface area contributed by atoms with Crippen LogP contribution in [0.3, 0.4) is 0 Å². The molecule has 0 aliphatic heterocycles. The lowest BCUT2D eigenvalue weighted by molar-refractivity contribution is 0.426. The van der Waals surface area contributed by atoms with E-state index in [2.05, 4.69) is 34.3 Å². The molecule has 0 unspecified atom stereocenters. The summed E-state index contributed by atoms with van der Waals surface area (Å²) in [6, 6.07) is 15.4.